The van der Waals surface area contributed by atoms with Gasteiger partial charge < -0.3 is 36.9 Å². The molecule has 4 aromatic rings. The fraction of sp³-hybridized carbons (Fsp3) is 0.310. The second kappa shape index (κ2) is 11.1. The first-order valence-corrected chi connectivity index (χ1v) is 14.9. The predicted octanol–water partition coefficient (Wildman–Crippen LogP) is -1.28. The molecule has 1 fully saturated rings. The van der Waals surface area contributed by atoms with E-state index in [-0.39, 0.29) is 40.5 Å². The lowest BCUT2D eigenvalue weighted by molar-refractivity contribution is -0.722. The molecule has 0 radical (unpaired) electrons. The number of carbonyl (C=O) groups excluding carboxylic acids is 2. The maximum Gasteiger partial charge on any atom is 0.250 e. The van der Waals surface area contributed by atoms with Crippen molar-refractivity contribution in [3.05, 3.63) is 89.1 Å². The lowest BCUT2D eigenvalue weighted by Crippen LogP contribution is -3.00. The zero-order chi connectivity index (χ0) is 27.4. The summed E-state index contributed by atoms with van der Waals surface area (Å²) in [6.07, 6.45) is 9.32. The predicted molar refractivity (Wildman–Crippen MR) is 145 cm³/mol. The standard InChI is InChI=1S/C29H29N4O4S2.BrH/c1-17-22(25(29(36)37)33-24(17)23(18(2)34)26(33)35)21-15-32-16-31(27(38-3)28(32)39-21)14-20-10-6-5-9-19(20)13-30-11-7-4-8-12-30;/h4-12,15-18,23-24,34H,13-14H2,1-3H3;1H/q+1;/p-1/t17-,18+,23+,24+;/m0./s1. The van der Waals surface area contributed by atoms with Gasteiger partial charge in [-0.1, -0.05) is 60.4 Å². The second-order valence-electron chi connectivity index (χ2n) is 10.2. The molecule has 0 aliphatic carbocycles. The molecule has 5 heterocycles. The van der Waals surface area contributed by atoms with E-state index in [1.165, 1.54) is 27.4 Å². The number of carboxylic acid groups (broad SMARTS) is 1. The number of carbonyl (C=O) groups is 2. The number of aliphatic carboxylic acids is 1. The quantitative estimate of drug-likeness (QED) is 0.147. The van der Waals surface area contributed by atoms with E-state index in [9.17, 15) is 19.8 Å². The minimum Gasteiger partial charge on any atom is -1.00 e. The van der Waals surface area contributed by atoms with Crippen molar-refractivity contribution in [2.24, 2.45) is 11.8 Å². The van der Waals surface area contributed by atoms with Crippen LogP contribution in [0.15, 0.2) is 78.1 Å². The number of thiazole rings is 1. The smallest absolute Gasteiger partial charge is 0.250 e. The third-order valence-electron chi connectivity index (χ3n) is 7.82. The molecule has 0 unspecified atom stereocenters. The Morgan fingerprint density at radius 3 is 2.45 bits per heavy atom. The maximum absolute atomic E-state index is 12.7. The number of benzene rings is 1. The zero-order valence-electron chi connectivity index (χ0n) is 22.2. The second-order valence-corrected chi connectivity index (χ2v) is 12.0. The van der Waals surface area contributed by atoms with Crippen LogP contribution >= 0.6 is 23.1 Å². The Hall–Kier alpha value is -2.99. The number of halogens is 1. The van der Waals surface area contributed by atoms with Gasteiger partial charge in [-0.25, -0.2) is 9.13 Å². The molecule has 8 nitrogen and oxygen atoms in total. The summed E-state index contributed by atoms with van der Waals surface area (Å²) in [5, 5.41) is 23.4. The molecule has 1 saturated heterocycles. The van der Waals surface area contributed by atoms with Crippen molar-refractivity contribution in [3.8, 4) is 0 Å². The van der Waals surface area contributed by atoms with Crippen molar-refractivity contribution in [2.75, 3.05) is 6.26 Å². The Morgan fingerprint density at radius 2 is 1.82 bits per heavy atom. The number of nitrogens with zero attached hydrogens (tertiary/aromatic N) is 4. The fourth-order valence-electron chi connectivity index (χ4n) is 6.04. The third-order valence-corrected chi connectivity index (χ3v) is 9.91. The number of amides is 1. The summed E-state index contributed by atoms with van der Waals surface area (Å²) in [7, 11) is 0. The van der Waals surface area contributed by atoms with Crippen LogP contribution < -0.4 is 31.2 Å². The molecule has 3 aromatic heterocycles. The lowest BCUT2D eigenvalue weighted by atomic mass is 9.77. The molecule has 0 saturated carbocycles. The van der Waals surface area contributed by atoms with Gasteiger partial charge in [0.05, 0.1) is 34.6 Å². The zero-order valence-corrected chi connectivity index (χ0v) is 25.4. The minimum absolute atomic E-state index is 0. The molecular formula is C29H29BrN4O4S2. The average molecular weight is 642 g/mol. The first kappa shape index (κ1) is 28.5. The van der Waals surface area contributed by atoms with Crippen LogP contribution in [0.25, 0.3) is 10.4 Å². The van der Waals surface area contributed by atoms with Crippen LogP contribution in [0.2, 0.25) is 0 Å². The van der Waals surface area contributed by atoms with Gasteiger partial charge in [0, 0.05) is 34.8 Å². The maximum atomic E-state index is 12.7. The van der Waals surface area contributed by atoms with Gasteiger partial charge in [0.1, 0.15) is 12.7 Å². The monoisotopic (exact) mass is 640 g/mol. The number of β-lactam (4-membered cyclic amide) rings is 1. The minimum atomic E-state index is -1.36. The molecule has 2 aliphatic rings. The molecule has 40 heavy (non-hydrogen) atoms. The highest BCUT2D eigenvalue weighted by Gasteiger charge is 2.59. The van der Waals surface area contributed by atoms with Crippen LogP contribution in [0.4, 0.5) is 0 Å². The number of aliphatic hydroxyl groups excluding tert-OH is 1. The molecule has 208 valence electrons. The van der Waals surface area contributed by atoms with Crippen LogP contribution in [0.3, 0.4) is 0 Å². The number of fused-ring (bicyclic) bond motifs is 2. The van der Waals surface area contributed by atoms with Crippen LogP contribution in [0, 0.1) is 11.8 Å². The molecule has 1 N–H and O–H groups in total. The summed E-state index contributed by atoms with van der Waals surface area (Å²) < 4.78 is 6.42. The summed E-state index contributed by atoms with van der Waals surface area (Å²) in [6, 6.07) is 14.1. The highest BCUT2D eigenvalue weighted by molar-refractivity contribution is 7.98. The van der Waals surface area contributed by atoms with Gasteiger partial charge in [-0.2, -0.15) is 4.40 Å². The number of aliphatic hydroxyl groups is 1. The molecule has 1 amide bonds. The van der Waals surface area contributed by atoms with E-state index in [0.717, 1.165) is 21.3 Å². The van der Waals surface area contributed by atoms with Crippen molar-refractivity contribution < 1.29 is 45.9 Å². The molecule has 0 spiro atoms. The Labute approximate surface area is 251 Å². The molecule has 4 atom stereocenters. The molecular weight excluding hydrogens is 612 g/mol. The van der Waals surface area contributed by atoms with Crippen molar-refractivity contribution in [1.82, 2.24) is 9.30 Å². The van der Waals surface area contributed by atoms with E-state index < -0.39 is 18.0 Å². The van der Waals surface area contributed by atoms with E-state index >= 15 is 0 Å². The van der Waals surface area contributed by atoms with Crippen LogP contribution in [0.1, 0.15) is 29.9 Å². The molecule has 0 bridgehead atoms. The van der Waals surface area contributed by atoms with E-state index in [2.05, 4.69) is 45.8 Å². The fourth-order valence-corrected chi connectivity index (χ4v) is 8.22. The van der Waals surface area contributed by atoms with Gasteiger partial charge in [-0.05, 0) is 13.2 Å². The van der Waals surface area contributed by atoms with Gasteiger partial charge in [-0.3, -0.25) is 4.79 Å². The van der Waals surface area contributed by atoms with E-state index in [1.807, 2.05) is 48.3 Å². The number of pyridine rings is 1. The van der Waals surface area contributed by atoms with E-state index in [4.69, 9.17) is 0 Å². The van der Waals surface area contributed by atoms with Gasteiger partial charge in [0.15, 0.2) is 18.9 Å². The summed E-state index contributed by atoms with van der Waals surface area (Å²) in [4.78, 5) is 28.1. The first-order valence-electron chi connectivity index (χ1n) is 12.9. The number of carboxylic acids is 1. The van der Waals surface area contributed by atoms with Gasteiger partial charge in [0.2, 0.25) is 15.8 Å². The number of hydrogen-bond acceptors (Lipinski definition) is 6. The van der Waals surface area contributed by atoms with E-state index in [1.54, 1.807) is 18.7 Å². The third kappa shape index (κ3) is 4.58. The van der Waals surface area contributed by atoms with Gasteiger partial charge in [-0.15, -0.1) is 0 Å². The molecule has 6 rings (SSSR count). The van der Waals surface area contributed by atoms with Gasteiger partial charge in [0.25, 0.3) is 6.33 Å². The normalized spacial score (nSPS) is 20.9. The van der Waals surface area contributed by atoms with Crippen molar-refractivity contribution in [2.45, 2.75) is 44.1 Å². The lowest BCUT2D eigenvalue weighted by Gasteiger charge is -2.47. The number of hydrogen-bond donors (Lipinski definition) is 1. The summed E-state index contributed by atoms with van der Waals surface area (Å²) in [5.74, 6) is -2.54. The Kier molecular flexibility index (Phi) is 7.93. The van der Waals surface area contributed by atoms with Crippen molar-refractivity contribution in [3.63, 3.8) is 0 Å². The molecule has 11 heteroatoms. The number of rotatable bonds is 8. The summed E-state index contributed by atoms with van der Waals surface area (Å²) in [5.41, 5.74) is 3.01. The summed E-state index contributed by atoms with van der Waals surface area (Å²) in [6.45, 7) is 4.99. The highest BCUT2D eigenvalue weighted by atomic mass is 79.9. The Morgan fingerprint density at radius 1 is 1.15 bits per heavy atom. The summed E-state index contributed by atoms with van der Waals surface area (Å²) >= 11 is 3.17. The Balaban J connectivity index is 0.00000323. The first-order chi connectivity index (χ1) is 18.8. The number of imidazole rings is 1. The van der Waals surface area contributed by atoms with E-state index in [0.29, 0.717) is 12.1 Å². The van der Waals surface area contributed by atoms with Crippen LogP contribution in [-0.4, -0.2) is 44.7 Å². The van der Waals surface area contributed by atoms with Crippen LogP contribution in [-0.2, 0) is 22.7 Å². The highest BCUT2D eigenvalue weighted by Crippen LogP contribution is 2.51. The van der Waals surface area contributed by atoms with Crippen molar-refractivity contribution in [1.29, 1.82) is 0 Å². The average Bonchev–Trinajstić information content (AvgIpc) is 3.52. The topological polar surface area (TPSA) is 92.8 Å². The SMILES string of the molecule is CSc1c2sc(C3=C(C(=O)[O-])N4C(=O)[C@H]([C@@H](C)O)[C@H]4[C@H]3C)cn2c[n+]1Cc1ccccc1C[n+]1ccccc1.[Br-]. The number of thioether (sulfide) groups is 1. The number of aromatic nitrogens is 3. The molecule has 2 aliphatic heterocycles. The van der Waals surface area contributed by atoms with Crippen molar-refractivity contribution >= 4 is 45.4 Å². The molecule has 1 aromatic carbocycles. The Bertz CT molecular complexity index is 1630. The van der Waals surface area contributed by atoms with Crippen LogP contribution in [0.5, 0.6) is 0 Å². The van der Waals surface area contributed by atoms with Gasteiger partial charge >= 0.3 is 0 Å². The largest absolute Gasteiger partial charge is 1.00 e.